The first-order chi connectivity index (χ1) is 15.3. The lowest BCUT2D eigenvalue weighted by Gasteiger charge is -2.18. The van der Waals surface area contributed by atoms with Gasteiger partial charge in [-0.05, 0) is 42.3 Å². The topological polar surface area (TPSA) is 79.4 Å². The van der Waals surface area contributed by atoms with Crippen LogP contribution in [0.1, 0.15) is 26.5 Å². The van der Waals surface area contributed by atoms with Gasteiger partial charge in [-0.2, -0.15) is 0 Å². The van der Waals surface area contributed by atoms with Gasteiger partial charge in [0, 0.05) is 19.2 Å². The molecule has 8 heteroatoms. The largest absolute Gasteiger partial charge is 0.335 e. The SMILES string of the molecule is Cc1ccc(S(=O)(=O)NCc2ccccc2)cc1C(=O)N(C)Cc1nc2ccccc2s1. The maximum atomic E-state index is 13.1. The summed E-state index contributed by atoms with van der Waals surface area (Å²) in [5.41, 5.74) is 2.83. The Balaban J connectivity index is 1.52. The molecule has 4 aromatic rings. The molecule has 4 rings (SSSR count). The van der Waals surface area contributed by atoms with Gasteiger partial charge in [0.1, 0.15) is 5.01 Å². The van der Waals surface area contributed by atoms with E-state index in [4.69, 9.17) is 0 Å². The summed E-state index contributed by atoms with van der Waals surface area (Å²) in [6.45, 7) is 2.32. The zero-order valence-electron chi connectivity index (χ0n) is 17.8. The maximum Gasteiger partial charge on any atom is 0.254 e. The van der Waals surface area contributed by atoms with Crippen LogP contribution in [0.2, 0.25) is 0 Å². The Morgan fingerprint density at radius 3 is 2.50 bits per heavy atom. The third-order valence-electron chi connectivity index (χ3n) is 5.12. The van der Waals surface area contributed by atoms with Crippen LogP contribution in [0.25, 0.3) is 10.2 Å². The lowest BCUT2D eigenvalue weighted by Crippen LogP contribution is -2.28. The summed E-state index contributed by atoms with van der Waals surface area (Å²) >= 11 is 1.54. The number of hydrogen-bond acceptors (Lipinski definition) is 5. The van der Waals surface area contributed by atoms with Crippen LogP contribution in [-0.2, 0) is 23.1 Å². The zero-order valence-corrected chi connectivity index (χ0v) is 19.4. The molecule has 1 aromatic heterocycles. The van der Waals surface area contributed by atoms with Gasteiger partial charge in [-0.1, -0.05) is 48.5 Å². The molecule has 0 radical (unpaired) electrons. The van der Waals surface area contributed by atoms with E-state index in [1.807, 2.05) is 54.6 Å². The second kappa shape index (κ2) is 9.20. The van der Waals surface area contributed by atoms with Crippen LogP contribution < -0.4 is 4.72 Å². The number of sulfonamides is 1. The third-order valence-corrected chi connectivity index (χ3v) is 7.54. The van der Waals surface area contributed by atoms with Gasteiger partial charge < -0.3 is 4.90 Å². The molecule has 1 amide bonds. The molecule has 0 bridgehead atoms. The number of para-hydroxylation sites is 1. The van der Waals surface area contributed by atoms with E-state index in [-0.39, 0.29) is 17.3 Å². The summed E-state index contributed by atoms with van der Waals surface area (Å²) in [6.07, 6.45) is 0. The zero-order chi connectivity index (χ0) is 22.7. The molecule has 0 atom stereocenters. The van der Waals surface area contributed by atoms with Crippen molar-refractivity contribution in [1.82, 2.24) is 14.6 Å². The van der Waals surface area contributed by atoms with E-state index in [0.717, 1.165) is 20.8 Å². The van der Waals surface area contributed by atoms with Crippen LogP contribution in [0.4, 0.5) is 0 Å². The van der Waals surface area contributed by atoms with Crippen LogP contribution >= 0.6 is 11.3 Å². The van der Waals surface area contributed by atoms with Crippen molar-refractivity contribution in [3.8, 4) is 0 Å². The molecular weight excluding hydrogens is 442 g/mol. The smallest absolute Gasteiger partial charge is 0.254 e. The number of nitrogens with zero attached hydrogens (tertiary/aromatic N) is 2. The van der Waals surface area contributed by atoms with Gasteiger partial charge in [-0.3, -0.25) is 4.79 Å². The molecule has 6 nitrogen and oxygen atoms in total. The Hall–Kier alpha value is -3.07. The van der Waals surface area contributed by atoms with Crippen LogP contribution in [0, 0.1) is 6.92 Å². The third kappa shape index (κ3) is 4.88. The van der Waals surface area contributed by atoms with Crippen molar-refractivity contribution in [1.29, 1.82) is 0 Å². The first-order valence-electron chi connectivity index (χ1n) is 10.1. The number of fused-ring (bicyclic) bond motifs is 1. The van der Waals surface area contributed by atoms with Crippen molar-refractivity contribution in [2.75, 3.05) is 7.05 Å². The first-order valence-corrected chi connectivity index (χ1v) is 12.4. The number of benzene rings is 3. The molecule has 1 N–H and O–H groups in total. The summed E-state index contributed by atoms with van der Waals surface area (Å²) < 4.78 is 29.3. The molecule has 0 aliphatic rings. The normalized spacial score (nSPS) is 11.6. The summed E-state index contributed by atoms with van der Waals surface area (Å²) in [5.74, 6) is -0.248. The number of aryl methyl sites for hydroxylation is 1. The van der Waals surface area contributed by atoms with Crippen LogP contribution in [0.5, 0.6) is 0 Å². The number of carbonyl (C=O) groups is 1. The number of carbonyl (C=O) groups excluding carboxylic acids is 1. The van der Waals surface area contributed by atoms with E-state index < -0.39 is 10.0 Å². The molecule has 0 saturated carbocycles. The van der Waals surface area contributed by atoms with E-state index in [1.54, 1.807) is 36.3 Å². The predicted octanol–water partition coefficient (Wildman–Crippen LogP) is 4.36. The highest BCUT2D eigenvalue weighted by atomic mass is 32.2. The lowest BCUT2D eigenvalue weighted by atomic mass is 10.1. The molecule has 0 unspecified atom stereocenters. The quantitative estimate of drug-likeness (QED) is 0.440. The van der Waals surface area contributed by atoms with E-state index in [2.05, 4.69) is 9.71 Å². The fourth-order valence-electron chi connectivity index (χ4n) is 3.32. The molecular formula is C24H23N3O3S2. The number of amides is 1. The van der Waals surface area contributed by atoms with Crippen molar-refractivity contribution in [2.45, 2.75) is 24.9 Å². The molecule has 0 aliphatic heterocycles. The number of aromatic nitrogens is 1. The standard InChI is InChI=1S/C24H23N3O3S2/c1-17-12-13-19(32(29,30)25-15-18-8-4-3-5-9-18)14-20(17)24(28)27(2)16-23-26-21-10-6-7-11-22(21)31-23/h3-14,25H,15-16H2,1-2H3. The van der Waals surface area contributed by atoms with Gasteiger partial charge in [-0.15, -0.1) is 11.3 Å². The molecule has 0 aliphatic carbocycles. The number of thiazole rings is 1. The minimum atomic E-state index is -3.76. The van der Waals surface area contributed by atoms with E-state index in [0.29, 0.717) is 17.7 Å². The Morgan fingerprint density at radius 2 is 1.75 bits per heavy atom. The van der Waals surface area contributed by atoms with Gasteiger partial charge in [0.2, 0.25) is 10.0 Å². The highest BCUT2D eigenvalue weighted by Gasteiger charge is 2.21. The maximum absolute atomic E-state index is 13.1. The second-order valence-electron chi connectivity index (χ2n) is 7.52. The van der Waals surface area contributed by atoms with Gasteiger partial charge >= 0.3 is 0 Å². The highest BCUT2D eigenvalue weighted by molar-refractivity contribution is 7.89. The number of rotatable bonds is 7. The fraction of sp³-hybridized carbons (Fsp3) is 0.167. The van der Waals surface area contributed by atoms with Gasteiger partial charge in [0.05, 0.1) is 21.7 Å². The summed E-state index contributed by atoms with van der Waals surface area (Å²) in [4.78, 5) is 19.3. The summed E-state index contributed by atoms with van der Waals surface area (Å²) in [5, 5.41) is 0.827. The second-order valence-corrected chi connectivity index (χ2v) is 10.4. The monoisotopic (exact) mass is 465 g/mol. The minimum absolute atomic E-state index is 0.0655. The Kier molecular flexibility index (Phi) is 6.36. The fourth-order valence-corrected chi connectivity index (χ4v) is 5.39. The molecule has 0 saturated heterocycles. The van der Waals surface area contributed by atoms with Crippen molar-refractivity contribution in [2.24, 2.45) is 0 Å². The molecule has 0 spiro atoms. The molecule has 1 heterocycles. The van der Waals surface area contributed by atoms with Gasteiger partial charge in [-0.25, -0.2) is 18.1 Å². The number of nitrogens with one attached hydrogen (secondary N) is 1. The Bertz CT molecular complexity index is 1330. The van der Waals surface area contributed by atoms with Crippen molar-refractivity contribution < 1.29 is 13.2 Å². The average Bonchev–Trinajstić information content (AvgIpc) is 3.20. The van der Waals surface area contributed by atoms with Gasteiger partial charge in [0.15, 0.2) is 0 Å². The molecule has 32 heavy (non-hydrogen) atoms. The average molecular weight is 466 g/mol. The molecule has 0 fully saturated rings. The lowest BCUT2D eigenvalue weighted by molar-refractivity contribution is 0.0784. The Morgan fingerprint density at radius 1 is 1.03 bits per heavy atom. The van der Waals surface area contributed by atoms with Crippen LogP contribution in [0.15, 0.2) is 77.7 Å². The van der Waals surface area contributed by atoms with Crippen molar-refractivity contribution >= 4 is 37.5 Å². The Labute approximate surface area is 191 Å². The molecule has 164 valence electrons. The number of hydrogen-bond donors (Lipinski definition) is 1. The highest BCUT2D eigenvalue weighted by Crippen LogP contribution is 2.24. The van der Waals surface area contributed by atoms with E-state index >= 15 is 0 Å². The van der Waals surface area contributed by atoms with Crippen LogP contribution in [0.3, 0.4) is 0 Å². The van der Waals surface area contributed by atoms with E-state index in [9.17, 15) is 13.2 Å². The van der Waals surface area contributed by atoms with E-state index in [1.165, 1.54) is 12.1 Å². The first kappa shape index (κ1) is 22.1. The van der Waals surface area contributed by atoms with Crippen LogP contribution in [-0.4, -0.2) is 31.3 Å². The summed E-state index contributed by atoms with van der Waals surface area (Å²) in [6, 6.07) is 21.7. The predicted molar refractivity (Wildman–Crippen MR) is 127 cm³/mol. The molecule has 3 aromatic carbocycles. The van der Waals surface area contributed by atoms with Crippen molar-refractivity contribution in [3.63, 3.8) is 0 Å². The van der Waals surface area contributed by atoms with Crippen molar-refractivity contribution in [3.05, 3.63) is 94.5 Å². The van der Waals surface area contributed by atoms with Gasteiger partial charge in [0.25, 0.3) is 5.91 Å². The minimum Gasteiger partial charge on any atom is -0.335 e. The summed E-state index contributed by atoms with van der Waals surface area (Å²) in [7, 11) is -2.07.